The van der Waals surface area contributed by atoms with Crippen LogP contribution in [0.15, 0.2) is 0 Å². The number of likely N-dealkylation sites (tertiary alicyclic amines) is 1. The zero-order valence-corrected chi connectivity index (χ0v) is 8.15. The molecule has 1 rings (SSSR count). The van der Waals surface area contributed by atoms with Crippen molar-refractivity contribution >= 4 is 0 Å². The van der Waals surface area contributed by atoms with Crippen molar-refractivity contribution < 1.29 is 4.39 Å². The lowest BCUT2D eigenvalue weighted by atomic mass is 9.98. The topological polar surface area (TPSA) is 3.24 Å². The van der Waals surface area contributed by atoms with Crippen molar-refractivity contribution in [3.8, 4) is 0 Å². The van der Waals surface area contributed by atoms with Crippen molar-refractivity contribution in [3.63, 3.8) is 0 Å². The van der Waals surface area contributed by atoms with Gasteiger partial charge in [0, 0.05) is 6.54 Å². The Bertz CT molecular complexity index is 102. The summed E-state index contributed by atoms with van der Waals surface area (Å²) in [5.41, 5.74) is -0.924. The van der Waals surface area contributed by atoms with Crippen molar-refractivity contribution in [1.82, 2.24) is 4.90 Å². The van der Waals surface area contributed by atoms with Crippen LogP contribution in [0.3, 0.4) is 0 Å². The predicted molar refractivity (Wildman–Crippen MR) is 47.6 cm³/mol. The van der Waals surface area contributed by atoms with Gasteiger partial charge in [0.25, 0.3) is 0 Å². The lowest BCUT2D eigenvalue weighted by Gasteiger charge is -2.32. The van der Waals surface area contributed by atoms with Gasteiger partial charge in [-0.15, -0.1) is 0 Å². The SMILES string of the molecule is CC.CN1CCCC(C)(F)C1. The first-order valence-corrected chi connectivity index (χ1v) is 4.48. The lowest BCUT2D eigenvalue weighted by Crippen LogP contribution is -2.40. The van der Waals surface area contributed by atoms with Crippen LogP contribution in [-0.2, 0) is 0 Å². The number of nitrogens with zero attached hydrogens (tertiary/aromatic N) is 1. The molecular weight excluding hydrogens is 141 g/mol. The first-order valence-electron chi connectivity index (χ1n) is 4.48. The Balaban J connectivity index is 0.000000461. The summed E-state index contributed by atoms with van der Waals surface area (Å²) in [6, 6.07) is 0. The molecule has 1 aliphatic heterocycles. The van der Waals surface area contributed by atoms with Crippen LogP contribution in [0, 0.1) is 0 Å². The van der Waals surface area contributed by atoms with Gasteiger partial charge in [0.15, 0.2) is 0 Å². The van der Waals surface area contributed by atoms with E-state index in [4.69, 9.17) is 0 Å². The molecule has 0 amide bonds. The Morgan fingerprint density at radius 2 is 1.91 bits per heavy atom. The molecule has 1 unspecified atom stereocenters. The largest absolute Gasteiger partial charge is 0.303 e. The monoisotopic (exact) mass is 161 g/mol. The molecule has 0 bridgehead atoms. The molecule has 11 heavy (non-hydrogen) atoms. The number of rotatable bonds is 0. The fourth-order valence-electron chi connectivity index (χ4n) is 1.44. The first kappa shape index (κ1) is 10.9. The third-order valence-corrected chi connectivity index (χ3v) is 1.84. The lowest BCUT2D eigenvalue weighted by molar-refractivity contribution is 0.0758. The highest BCUT2D eigenvalue weighted by Gasteiger charge is 2.28. The van der Waals surface area contributed by atoms with Crippen molar-refractivity contribution in [1.29, 1.82) is 0 Å². The fourth-order valence-corrected chi connectivity index (χ4v) is 1.44. The number of piperidine rings is 1. The Labute approximate surface area is 69.6 Å². The summed E-state index contributed by atoms with van der Waals surface area (Å²) >= 11 is 0. The van der Waals surface area contributed by atoms with Crippen LogP contribution < -0.4 is 0 Å². The van der Waals surface area contributed by atoms with Gasteiger partial charge in [-0.1, -0.05) is 13.8 Å². The van der Waals surface area contributed by atoms with E-state index in [9.17, 15) is 4.39 Å². The van der Waals surface area contributed by atoms with E-state index >= 15 is 0 Å². The van der Waals surface area contributed by atoms with Crippen LogP contribution in [0.25, 0.3) is 0 Å². The summed E-state index contributed by atoms with van der Waals surface area (Å²) in [6.07, 6.45) is 1.74. The standard InChI is InChI=1S/C7H14FN.C2H6/c1-7(8)4-3-5-9(2)6-7;1-2/h3-6H2,1-2H3;1-2H3. The van der Waals surface area contributed by atoms with Crippen LogP contribution in [0.4, 0.5) is 4.39 Å². The molecule has 0 aromatic carbocycles. The highest BCUT2D eigenvalue weighted by Crippen LogP contribution is 2.22. The predicted octanol–water partition coefficient (Wildman–Crippen LogP) is 2.47. The summed E-state index contributed by atoms with van der Waals surface area (Å²) < 4.78 is 13.1. The van der Waals surface area contributed by atoms with E-state index in [2.05, 4.69) is 0 Å². The number of hydrogen-bond acceptors (Lipinski definition) is 1. The third kappa shape index (κ3) is 4.35. The average molecular weight is 161 g/mol. The highest BCUT2D eigenvalue weighted by molar-refractivity contribution is 4.81. The summed E-state index contributed by atoms with van der Waals surface area (Å²) in [6.45, 7) is 7.34. The molecule has 0 spiro atoms. The number of hydrogen-bond donors (Lipinski definition) is 0. The first-order chi connectivity index (χ1) is 5.10. The molecule has 2 heteroatoms. The molecule has 1 fully saturated rings. The maximum atomic E-state index is 13.1. The Morgan fingerprint density at radius 3 is 2.18 bits per heavy atom. The minimum atomic E-state index is -0.924. The van der Waals surface area contributed by atoms with Crippen LogP contribution in [0.1, 0.15) is 33.6 Å². The summed E-state index contributed by atoms with van der Waals surface area (Å²) in [5.74, 6) is 0. The van der Waals surface area contributed by atoms with Gasteiger partial charge in [-0.3, -0.25) is 0 Å². The van der Waals surface area contributed by atoms with Crippen LogP contribution in [0.5, 0.6) is 0 Å². The van der Waals surface area contributed by atoms with E-state index in [1.807, 2.05) is 25.8 Å². The van der Waals surface area contributed by atoms with Crippen LogP contribution in [-0.4, -0.2) is 30.7 Å². The van der Waals surface area contributed by atoms with Crippen molar-refractivity contribution in [2.45, 2.75) is 39.3 Å². The van der Waals surface area contributed by atoms with E-state index in [0.717, 1.165) is 19.4 Å². The maximum Gasteiger partial charge on any atom is 0.120 e. The van der Waals surface area contributed by atoms with Crippen molar-refractivity contribution in [2.24, 2.45) is 0 Å². The maximum absolute atomic E-state index is 13.1. The minimum absolute atomic E-state index is 0.604. The second kappa shape index (κ2) is 4.70. The van der Waals surface area contributed by atoms with Gasteiger partial charge in [-0.25, -0.2) is 4.39 Å². The van der Waals surface area contributed by atoms with Gasteiger partial charge in [0.1, 0.15) is 5.67 Å². The zero-order chi connectivity index (χ0) is 8.91. The summed E-state index contributed by atoms with van der Waals surface area (Å²) in [5, 5.41) is 0. The molecular formula is C9H20FN. The second-order valence-corrected chi connectivity index (χ2v) is 3.25. The molecule has 0 N–H and O–H groups in total. The molecule has 0 aliphatic carbocycles. The molecule has 1 atom stereocenters. The van der Waals surface area contributed by atoms with Gasteiger partial charge < -0.3 is 4.90 Å². The fraction of sp³-hybridized carbons (Fsp3) is 1.00. The van der Waals surface area contributed by atoms with Crippen molar-refractivity contribution in [2.75, 3.05) is 20.1 Å². The second-order valence-electron chi connectivity index (χ2n) is 3.25. The molecule has 1 heterocycles. The smallest absolute Gasteiger partial charge is 0.120 e. The molecule has 0 aromatic heterocycles. The van der Waals surface area contributed by atoms with E-state index < -0.39 is 5.67 Å². The van der Waals surface area contributed by atoms with E-state index in [-0.39, 0.29) is 0 Å². The molecule has 68 valence electrons. The van der Waals surface area contributed by atoms with Crippen molar-refractivity contribution in [3.05, 3.63) is 0 Å². The van der Waals surface area contributed by atoms with Crippen LogP contribution in [0.2, 0.25) is 0 Å². The molecule has 0 radical (unpaired) electrons. The molecule has 0 aromatic rings. The molecule has 1 aliphatic rings. The van der Waals surface area contributed by atoms with Gasteiger partial charge >= 0.3 is 0 Å². The molecule has 1 saturated heterocycles. The highest BCUT2D eigenvalue weighted by atomic mass is 19.1. The van der Waals surface area contributed by atoms with E-state index in [1.54, 1.807) is 6.92 Å². The normalized spacial score (nSPS) is 32.5. The van der Waals surface area contributed by atoms with Gasteiger partial charge in [0.05, 0.1) is 0 Å². The van der Waals surface area contributed by atoms with E-state index in [0.29, 0.717) is 6.54 Å². The van der Waals surface area contributed by atoms with Gasteiger partial charge in [-0.2, -0.15) is 0 Å². The number of alkyl halides is 1. The average Bonchev–Trinajstić information content (AvgIpc) is 1.89. The summed E-state index contributed by atoms with van der Waals surface area (Å²) in [7, 11) is 1.97. The van der Waals surface area contributed by atoms with Gasteiger partial charge in [0.2, 0.25) is 0 Å². The summed E-state index contributed by atoms with van der Waals surface area (Å²) in [4.78, 5) is 2.05. The van der Waals surface area contributed by atoms with Crippen LogP contribution >= 0.6 is 0 Å². The van der Waals surface area contributed by atoms with Gasteiger partial charge in [-0.05, 0) is 33.4 Å². The Hall–Kier alpha value is -0.110. The van der Waals surface area contributed by atoms with E-state index in [1.165, 1.54) is 0 Å². The number of halogens is 1. The Morgan fingerprint density at radius 1 is 1.36 bits per heavy atom. The Kier molecular flexibility index (Phi) is 4.66. The molecule has 0 saturated carbocycles. The third-order valence-electron chi connectivity index (χ3n) is 1.84. The zero-order valence-electron chi connectivity index (χ0n) is 8.15. The quantitative estimate of drug-likeness (QED) is 0.527. The minimum Gasteiger partial charge on any atom is -0.303 e. The molecule has 1 nitrogen and oxygen atoms in total.